The molecule has 1 aliphatic heterocycles. The predicted octanol–water partition coefficient (Wildman–Crippen LogP) is 1.25. The van der Waals surface area contributed by atoms with Gasteiger partial charge in [0.25, 0.3) is 0 Å². The molecule has 0 radical (unpaired) electrons. The number of carbonyl (C=O) groups excluding carboxylic acids is 1. The highest BCUT2D eigenvalue weighted by atomic mass is 16.2. The van der Waals surface area contributed by atoms with E-state index < -0.39 is 0 Å². The van der Waals surface area contributed by atoms with Crippen LogP contribution in [0.25, 0.3) is 0 Å². The number of hydrogen-bond donors (Lipinski definition) is 2. The Morgan fingerprint density at radius 3 is 2.54 bits per heavy atom. The summed E-state index contributed by atoms with van der Waals surface area (Å²) >= 11 is 0. The van der Waals surface area contributed by atoms with Crippen LogP contribution in [0.5, 0.6) is 0 Å². The maximum Gasteiger partial charge on any atom is 0.145 e. The van der Waals surface area contributed by atoms with Crippen LogP contribution in [0.2, 0.25) is 0 Å². The molecule has 1 rings (SSSR count). The predicted molar refractivity (Wildman–Crippen MR) is 53.1 cm³/mol. The third kappa shape index (κ3) is 7.57. The third-order valence-electron chi connectivity index (χ3n) is 1.83. The van der Waals surface area contributed by atoms with Crippen molar-refractivity contribution in [2.45, 2.75) is 39.0 Å². The number of allylic oxidation sites excluding steroid dienone is 1. The molecule has 1 saturated heterocycles. The molecule has 0 saturated carbocycles. The van der Waals surface area contributed by atoms with Gasteiger partial charge in [-0.25, -0.2) is 4.79 Å². The van der Waals surface area contributed by atoms with Gasteiger partial charge < -0.3 is 10.4 Å². The Bertz CT molecular complexity index is 152. The van der Waals surface area contributed by atoms with Crippen LogP contribution < -0.4 is 5.32 Å². The van der Waals surface area contributed by atoms with Crippen molar-refractivity contribution in [1.29, 1.82) is 0 Å². The molecule has 0 aromatic carbocycles. The van der Waals surface area contributed by atoms with Gasteiger partial charge in [-0.2, -0.15) is 0 Å². The molecule has 0 aliphatic carbocycles. The molecule has 0 amide bonds. The summed E-state index contributed by atoms with van der Waals surface area (Å²) in [7, 11) is 0. The van der Waals surface area contributed by atoms with Crippen molar-refractivity contribution in [2.24, 2.45) is 0 Å². The van der Waals surface area contributed by atoms with E-state index in [0.29, 0.717) is 6.61 Å². The van der Waals surface area contributed by atoms with Crippen LogP contribution >= 0.6 is 0 Å². The van der Waals surface area contributed by atoms with Crippen LogP contribution in [-0.2, 0) is 4.79 Å². The van der Waals surface area contributed by atoms with Gasteiger partial charge in [0, 0.05) is 13.2 Å². The lowest BCUT2D eigenvalue weighted by molar-refractivity contribution is 0.287. The highest BCUT2D eigenvalue weighted by molar-refractivity contribution is 5.51. The number of unbranched alkanes of at least 4 members (excludes halogenated alkanes) is 1. The second-order valence-corrected chi connectivity index (χ2v) is 3.04. The fourth-order valence-electron chi connectivity index (χ4n) is 1.000. The number of hydrogen-bond acceptors (Lipinski definition) is 3. The van der Waals surface area contributed by atoms with E-state index in [1.165, 1.54) is 6.42 Å². The highest BCUT2D eigenvalue weighted by Gasteiger charge is 2.02. The SMILES string of the molecule is CCCCO.O=C=C1CCCCN1. The molecule has 0 aromatic heterocycles. The standard InChI is InChI=1S/C6H9NO.C4H10O/c8-5-6-3-1-2-4-7-6;1-2-3-4-5/h7H,1-4H2;5H,2-4H2,1H3. The van der Waals surface area contributed by atoms with Crippen LogP contribution in [0.3, 0.4) is 0 Å². The Labute approximate surface area is 79.8 Å². The van der Waals surface area contributed by atoms with Crippen molar-refractivity contribution < 1.29 is 9.90 Å². The van der Waals surface area contributed by atoms with Gasteiger partial charge >= 0.3 is 0 Å². The van der Waals surface area contributed by atoms with Gasteiger partial charge in [0.15, 0.2) is 0 Å². The second-order valence-electron chi connectivity index (χ2n) is 3.04. The first-order valence-corrected chi connectivity index (χ1v) is 4.93. The average molecular weight is 185 g/mol. The van der Waals surface area contributed by atoms with Gasteiger partial charge in [0.1, 0.15) is 5.94 Å². The van der Waals surface area contributed by atoms with Crippen molar-refractivity contribution in [3.8, 4) is 0 Å². The van der Waals surface area contributed by atoms with Crippen LogP contribution in [-0.4, -0.2) is 24.2 Å². The molecule has 2 N–H and O–H groups in total. The van der Waals surface area contributed by atoms with Crippen molar-refractivity contribution in [2.75, 3.05) is 13.2 Å². The summed E-state index contributed by atoms with van der Waals surface area (Å²) in [5.74, 6) is 1.86. The summed E-state index contributed by atoms with van der Waals surface area (Å²) in [5.41, 5.74) is 0.747. The summed E-state index contributed by atoms with van der Waals surface area (Å²) in [5, 5.41) is 11.0. The zero-order valence-corrected chi connectivity index (χ0v) is 8.31. The van der Waals surface area contributed by atoms with Crippen molar-refractivity contribution in [3.05, 3.63) is 5.70 Å². The first-order chi connectivity index (χ1) is 6.35. The molecule has 1 fully saturated rings. The van der Waals surface area contributed by atoms with E-state index in [-0.39, 0.29) is 0 Å². The molecular formula is C10H19NO2. The van der Waals surface area contributed by atoms with E-state index in [9.17, 15) is 4.79 Å². The Balaban J connectivity index is 0.000000252. The van der Waals surface area contributed by atoms with Crippen molar-refractivity contribution in [1.82, 2.24) is 5.32 Å². The Morgan fingerprint density at radius 2 is 2.31 bits per heavy atom. The topological polar surface area (TPSA) is 49.3 Å². The first-order valence-electron chi connectivity index (χ1n) is 4.93. The van der Waals surface area contributed by atoms with Crippen molar-refractivity contribution >= 4 is 5.94 Å². The summed E-state index contributed by atoms with van der Waals surface area (Å²) in [4.78, 5) is 9.94. The van der Waals surface area contributed by atoms with Crippen LogP contribution in [0, 0.1) is 0 Å². The monoisotopic (exact) mass is 185 g/mol. The number of nitrogens with one attached hydrogen (secondary N) is 1. The zero-order valence-electron chi connectivity index (χ0n) is 8.31. The molecule has 76 valence electrons. The minimum atomic E-state index is 0.344. The maximum absolute atomic E-state index is 9.94. The lowest BCUT2D eigenvalue weighted by atomic mass is 10.1. The number of piperidine rings is 1. The number of rotatable bonds is 2. The van der Waals surface area contributed by atoms with E-state index in [0.717, 1.165) is 37.9 Å². The molecule has 3 nitrogen and oxygen atoms in total. The van der Waals surface area contributed by atoms with E-state index in [4.69, 9.17) is 5.11 Å². The Kier molecular flexibility index (Phi) is 8.73. The molecule has 1 aliphatic rings. The maximum atomic E-state index is 9.94. The molecule has 0 aromatic rings. The lowest BCUT2D eigenvalue weighted by Crippen LogP contribution is -2.19. The molecular weight excluding hydrogens is 166 g/mol. The quantitative estimate of drug-likeness (QED) is 0.637. The fourth-order valence-corrected chi connectivity index (χ4v) is 1.000. The Morgan fingerprint density at radius 1 is 1.54 bits per heavy atom. The second kappa shape index (κ2) is 9.30. The minimum Gasteiger partial charge on any atom is -0.396 e. The molecule has 3 heteroatoms. The van der Waals surface area contributed by atoms with Gasteiger partial charge in [0.2, 0.25) is 0 Å². The van der Waals surface area contributed by atoms with Gasteiger partial charge in [-0.1, -0.05) is 13.3 Å². The third-order valence-corrected chi connectivity index (χ3v) is 1.83. The van der Waals surface area contributed by atoms with E-state index >= 15 is 0 Å². The summed E-state index contributed by atoms with van der Waals surface area (Å²) < 4.78 is 0. The van der Waals surface area contributed by atoms with Gasteiger partial charge in [0.05, 0.1) is 5.70 Å². The molecule has 13 heavy (non-hydrogen) atoms. The van der Waals surface area contributed by atoms with Crippen LogP contribution in [0.1, 0.15) is 39.0 Å². The fraction of sp³-hybridized carbons (Fsp3) is 0.800. The Hall–Kier alpha value is -0.790. The lowest BCUT2D eigenvalue weighted by Gasteiger charge is -2.11. The van der Waals surface area contributed by atoms with E-state index in [2.05, 4.69) is 12.2 Å². The zero-order chi connectivity index (χ0) is 9.94. The summed E-state index contributed by atoms with van der Waals surface area (Å²) in [6.45, 7) is 3.34. The van der Waals surface area contributed by atoms with Gasteiger partial charge in [-0.3, -0.25) is 0 Å². The average Bonchev–Trinajstić information content (AvgIpc) is 2.21. The number of aliphatic hydroxyl groups excluding tert-OH is 1. The minimum absolute atomic E-state index is 0.344. The van der Waals surface area contributed by atoms with Crippen LogP contribution in [0.4, 0.5) is 0 Å². The van der Waals surface area contributed by atoms with Crippen molar-refractivity contribution in [3.63, 3.8) is 0 Å². The molecule has 0 atom stereocenters. The molecule has 0 bridgehead atoms. The molecule has 1 heterocycles. The number of aliphatic hydroxyl groups is 1. The largest absolute Gasteiger partial charge is 0.396 e. The molecule has 0 spiro atoms. The summed E-state index contributed by atoms with van der Waals surface area (Å²) in [6.07, 6.45) is 5.25. The van der Waals surface area contributed by atoms with E-state index in [1.54, 1.807) is 0 Å². The molecule has 0 unspecified atom stereocenters. The smallest absolute Gasteiger partial charge is 0.145 e. The highest BCUT2D eigenvalue weighted by Crippen LogP contribution is 2.05. The van der Waals surface area contributed by atoms with Gasteiger partial charge in [-0.15, -0.1) is 0 Å². The van der Waals surface area contributed by atoms with E-state index in [1.807, 2.05) is 5.94 Å². The van der Waals surface area contributed by atoms with Crippen LogP contribution in [0.15, 0.2) is 5.70 Å². The first kappa shape index (κ1) is 12.2. The van der Waals surface area contributed by atoms with Gasteiger partial charge in [-0.05, 0) is 25.7 Å². The summed E-state index contributed by atoms with van der Waals surface area (Å²) in [6, 6.07) is 0. The normalized spacial score (nSPS) is 15.1.